The Labute approximate surface area is 106 Å². The summed E-state index contributed by atoms with van der Waals surface area (Å²) in [6.07, 6.45) is 0.514. The maximum atomic E-state index is 11.6. The lowest BCUT2D eigenvalue weighted by Gasteiger charge is -2.16. The molecule has 0 spiro atoms. The Kier molecular flexibility index (Phi) is 5.70. The lowest BCUT2D eigenvalue weighted by molar-refractivity contribution is -0.138. The number of benzene rings is 1. The fourth-order valence-corrected chi connectivity index (χ4v) is 1.36. The number of nitrogens with zero attached hydrogens (tertiary/aromatic N) is 1. The molecule has 0 aliphatic rings. The van der Waals surface area contributed by atoms with Gasteiger partial charge in [0.1, 0.15) is 5.75 Å². The standard InChI is InChI=1S/C13H17NO4/c1-14(9-5-8-13(16)17)12(15)10-18-11-6-3-2-4-7-11/h2-4,6-7H,5,8-10H2,1H3,(H,16,17). The van der Waals surface area contributed by atoms with Crippen molar-refractivity contribution >= 4 is 11.9 Å². The molecule has 0 aromatic heterocycles. The number of carbonyl (C=O) groups excluding carboxylic acids is 1. The number of likely N-dealkylation sites (N-methyl/N-ethyl adjacent to an activating group) is 1. The van der Waals surface area contributed by atoms with Crippen LogP contribution in [0.15, 0.2) is 30.3 Å². The van der Waals surface area contributed by atoms with Gasteiger partial charge in [-0.2, -0.15) is 0 Å². The number of aliphatic carboxylic acids is 1. The van der Waals surface area contributed by atoms with Crippen LogP contribution < -0.4 is 4.74 Å². The minimum absolute atomic E-state index is 0.0341. The topological polar surface area (TPSA) is 66.8 Å². The van der Waals surface area contributed by atoms with Crippen molar-refractivity contribution in [2.24, 2.45) is 0 Å². The van der Waals surface area contributed by atoms with Gasteiger partial charge in [0.2, 0.25) is 0 Å². The second kappa shape index (κ2) is 7.32. The average molecular weight is 251 g/mol. The molecule has 1 aromatic rings. The highest BCUT2D eigenvalue weighted by molar-refractivity contribution is 5.77. The summed E-state index contributed by atoms with van der Waals surface area (Å²) in [7, 11) is 1.64. The highest BCUT2D eigenvalue weighted by Crippen LogP contribution is 2.08. The Bertz CT molecular complexity index is 391. The van der Waals surface area contributed by atoms with Gasteiger partial charge in [0, 0.05) is 20.0 Å². The van der Waals surface area contributed by atoms with Gasteiger partial charge < -0.3 is 14.7 Å². The van der Waals surface area contributed by atoms with Crippen LogP contribution in [0.3, 0.4) is 0 Å². The molecule has 0 saturated carbocycles. The zero-order chi connectivity index (χ0) is 13.4. The van der Waals surface area contributed by atoms with Crippen LogP contribution in [0.5, 0.6) is 5.75 Å². The van der Waals surface area contributed by atoms with Gasteiger partial charge in [-0.3, -0.25) is 9.59 Å². The second-order valence-electron chi connectivity index (χ2n) is 3.91. The first-order chi connectivity index (χ1) is 8.59. The van der Waals surface area contributed by atoms with Crippen LogP contribution >= 0.6 is 0 Å². The molecule has 1 amide bonds. The Hall–Kier alpha value is -2.04. The minimum atomic E-state index is -0.851. The van der Waals surface area contributed by atoms with E-state index >= 15 is 0 Å². The first kappa shape index (κ1) is 14.0. The molecule has 0 heterocycles. The van der Waals surface area contributed by atoms with E-state index in [-0.39, 0.29) is 18.9 Å². The number of carboxylic acid groups (broad SMARTS) is 1. The third kappa shape index (κ3) is 5.34. The summed E-state index contributed by atoms with van der Waals surface area (Å²) in [5.41, 5.74) is 0. The van der Waals surface area contributed by atoms with Gasteiger partial charge in [0.25, 0.3) is 5.91 Å². The van der Waals surface area contributed by atoms with Gasteiger partial charge in [0.15, 0.2) is 6.61 Å². The molecule has 5 heteroatoms. The Morgan fingerprint density at radius 3 is 2.56 bits per heavy atom. The fraction of sp³-hybridized carbons (Fsp3) is 0.385. The lowest BCUT2D eigenvalue weighted by Crippen LogP contribution is -2.32. The summed E-state index contributed by atoms with van der Waals surface area (Å²) >= 11 is 0. The van der Waals surface area contributed by atoms with Crippen molar-refractivity contribution in [1.82, 2.24) is 4.90 Å². The van der Waals surface area contributed by atoms with Crippen LogP contribution in [-0.4, -0.2) is 42.1 Å². The lowest BCUT2D eigenvalue weighted by atomic mass is 10.3. The summed E-state index contributed by atoms with van der Waals surface area (Å²) in [6, 6.07) is 9.08. The third-order valence-electron chi connectivity index (χ3n) is 2.42. The number of hydrogen-bond donors (Lipinski definition) is 1. The van der Waals surface area contributed by atoms with Crippen LogP contribution in [0.25, 0.3) is 0 Å². The van der Waals surface area contributed by atoms with Crippen molar-refractivity contribution in [3.05, 3.63) is 30.3 Å². The Balaban J connectivity index is 2.25. The molecular formula is C13H17NO4. The zero-order valence-electron chi connectivity index (χ0n) is 10.3. The highest BCUT2D eigenvalue weighted by atomic mass is 16.5. The van der Waals surface area contributed by atoms with Gasteiger partial charge in [-0.25, -0.2) is 0 Å². The Morgan fingerprint density at radius 1 is 1.28 bits per heavy atom. The van der Waals surface area contributed by atoms with E-state index in [0.717, 1.165) is 0 Å². The summed E-state index contributed by atoms with van der Waals surface area (Å²) in [4.78, 5) is 23.5. The SMILES string of the molecule is CN(CCCC(=O)O)C(=O)COc1ccccc1. The zero-order valence-corrected chi connectivity index (χ0v) is 10.3. The molecule has 5 nitrogen and oxygen atoms in total. The van der Waals surface area contributed by atoms with Crippen molar-refractivity contribution in [3.8, 4) is 5.75 Å². The molecule has 1 aromatic carbocycles. The number of ether oxygens (including phenoxy) is 1. The molecule has 1 rings (SSSR count). The van der Waals surface area contributed by atoms with E-state index in [4.69, 9.17) is 9.84 Å². The smallest absolute Gasteiger partial charge is 0.303 e. The predicted octanol–water partition coefficient (Wildman–Crippen LogP) is 1.39. The predicted molar refractivity (Wildman–Crippen MR) is 66.4 cm³/mol. The number of carboxylic acids is 1. The molecule has 18 heavy (non-hydrogen) atoms. The molecule has 0 saturated heterocycles. The van der Waals surface area contributed by atoms with Crippen LogP contribution in [0.1, 0.15) is 12.8 Å². The molecular weight excluding hydrogens is 234 g/mol. The van der Waals surface area contributed by atoms with Gasteiger partial charge in [-0.1, -0.05) is 18.2 Å². The first-order valence-corrected chi connectivity index (χ1v) is 5.73. The number of rotatable bonds is 7. The average Bonchev–Trinajstić information content (AvgIpc) is 2.36. The minimum Gasteiger partial charge on any atom is -0.484 e. The van der Waals surface area contributed by atoms with E-state index in [9.17, 15) is 9.59 Å². The van der Waals surface area contributed by atoms with Crippen molar-refractivity contribution in [1.29, 1.82) is 0 Å². The number of amides is 1. The Morgan fingerprint density at radius 2 is 1.94 bits per heavy atom. The van der Waals surface area contributed by atoms with Crippen LogP contribution in [-0.2, 0) is 9.59 Å². The highest BCUT2D eigenvalue weighted by Gasteiger charge is 2.09. The van der Waals surface area contributed by atoms with Gasteiger partial charge in [0.05, 0.1) is 0 Å². The quantitative estimate of drug-likeness (QED) is 0.795. The molecule has 0 aliphatic heterocycles. The number of para-hydroxylation sites is 1. The summed E-state index contributed by atoms with van der Waals surface area (Å²) in [5, 5.41) is 8.49. The van der Waals surface area contributed by atoms with Crippen molar-refractivity contribution in [2.75, 3.05) is 20.2 Å². The molecule has 0 fully saturated rings. The number of hydrogen-bond acceptors (Lipinski definition) is 3. The largest absolute Gasteiger partial charge is 0.484 e. The van der Waals surface area contributed by atoms with Crippen molar-refractivity contribution in [3.63, 3.8) is 0 Å². The molecule has 98 valence electrons. The van der Waals surface area contributed by atoms with E-state index in [1.54, 1.807) is 19.2 Å². The molecule has 0 unspecified atom stereocenters. The van der Waals surface area contributed by atoms with E-state index in [1.807, 2.05) is 18.2 Å². The van der Waals surface area contributed by atoms with Crippen LogP contribution in [0.4, 0.5) is 0 Å². The monoisotopic (exact) mass is 251 g/mol. The summed E-state index contributed by atoms with van der Waals surface area (Å²) in [6.45, 7) is 0.386. The maximum absolute atomic E-state index is 11.6. The third-order valence-corrected chi connectivity index (χ3v) is 2.42. The van der Waals surface area contributed by atoms with E-state index in [2.05, 4.69) is 0 Å². The van der Waals surface area contributed by atoms with Gasteiger partial charge >= 0.3 is 5.97 Å². The van der Waals surface area contributed by atoms with E-state index in [1.165, 1.54) is 4.90 Å². The van der Waals surface area contributed by atoms with Crippen molar-refractivity contribution in [2.45, 2.75) is 12.8 Å². The van der Waals surface area contributed by atoms with Gasteiger partial charge in [-0.05, 0) is 18.6 Å². The van der Waals surface area contributed by atoms with Gasteiger partial charge in [-0.15, -0.1) is 0 Å². The second-order valence-corrected chi connectivity index (χ2v) is 3.91. The normalized spacial score (nSPS) is 9.83. The molecule has 0 aliphatic carbocycles. The van der Waals surface area contributed by atoms with Crippen LogP contribution in [0.2, 0.25) is 0 Å². The fourth-order valence-electron chi connectivity index (χ4n) is 1.36. The van der Waals surface area contributed by atoms with E-state index in [0.29, 0.717) is 18.7 Å². The molecule has 0 bridgehead atoms. The maximum Gasteiger partial charge on any atom is 0.303 e. The molecule has 1 N–H and O–H groups in total. The van der Waals surface area contributed by atoms with Crippen LogP contribution in [0, 0.1) is 0 Å². The first-order valence-electron chi connectivity index (χ1n) is 5.73. The van der Waals surface area contributed by atoms with Crippen molar-refractivity contribution < 1.29 is 19.4 Å². The number of carbonyl (C=O) groups is 2. The van der Waals surface area contributed by atoms with E-state index < -0.39 is 5.97 Å². The molecule has 0 atom stereocenters. The summed E-state index contributed by atoms with van der Waals surface area (Å²) in [5.74, 6) is -0.370. The molecule has 0 radical (unpaired) electrons. The summed E-state index contributed by atoms with van der Waals surface area (Å²) < 4.78 is 5.31.